The Kier molecular flexibility index (Phi) is 2.83. The molecule has 0 aliphatic heterocycles. The Hall–Kier alpha value is -0.390. The van der Waals surface area contributed by atoms with Crippen LogP contribution in [0.5, 0.6) is 0 Å². The Morgan fingerprint density at radius 2 is 1.89 bits per heavy atom. The Balaban J connectivity index is 4.32. The van der Waals surface area contributed by atoms with E-state index < -0.39 is 12.0 Å². The van der Waals surface area contributed by atoms with Crippen LogP contribution in [0, 0.1) is 0 Å². The Bertz CT molecular complexity index is 138. The van der Waals surface area contributed by atoms with Crippen molar-refractivity contribution in [2.24, 2.45) is 9.01 Å². The molecule has 0 atom stereocenters. The Morgan fingerprint density at radius 3 is 1.89 bits per heavy atom. The van der Waals surface area contributed by atoms with Crippen LogP contribution >= 0.6 is 16.1 Å². The normalized spacial score (nSPS) is 13.6. The van der Waals surface area contributed by atoms with Crippen molar-refractivity contribution >= 4 is 28.7 Å². The molecular weight excluding hydrogens is 201 g/mol. The van der Waals surface area contributed by atoms with Gasteiger partial charge in [0.2, 0.25) is 5.84 Å². The van der Waals surface area contributed by atoms with Crippen LogP contribution in [0.1, 0.15) is 0 Å². The zero-order valence-electron chi connectivity index (χ0n) is 4.11. The van der Waals surface area contributed by atoms with E-state index in [0.29, 0.717) is 0 Å². The van der Waals surface area contributed by atoms with E-state index in [4.69, 9.17) is 0 Å². The van der Waals surface area contributed by atoms with Crippen molar-refractivity contribution in [1.82, 2.24) is 0 Å². The third-order valence-electron chi connectivity index (χ3n) is 0.483. The van der Waals surface area contributed by atoms with Crippen LogP contribution in [-0.2, 0) is 0 Å². The van der Waals surface area contributed by atoms with Gasteiger partial charge in [-0.25, -0.2) is 4.99 Å². The van der Waals surface area contributed by atoms with Crippen molar-refractivity contribution in [3.63, 3.8) is 0 Å². The number of hydrogen-bond donors (Lipinski definition) is 0. The summed E-state index contributed by atoms with van der Waals surface area (Å²) in [5.74, 6) is -1.28. The smallest absolute Gasteiger partial charge is 0.240 e. The largest absolute Gasteiger partial charge is 0.452 e. The number of hydrogen-bond acceptors (Lipinski definition) is 1. The molecule has 0 aromatic rings. The highest BCUT2D eigenvalue weighted by Crippen LogP contribution is 2.18. The lowest BCUT2D eigenvalue weighted by atomic mass is 10.6. The molecule has 0 unspecified atom stereocenters. The summed E-state index contributed by atoms with van der Waals surface area (Å²) < 4.78 is 36.9. The zero-order valence-corrected chi connectivity index (χ0v) is 5.70. The maximum Gasteiger partial charge on any atom is 0.452 e. The molecule has 0 aliphatic carbocycles. The summed E-state index contributed by atoms with van der Waals surface area (Å²) >= 11 is 2.25. The van der Waals surface area contributed by atoms with Crippen molar-refractivity contribution < 1.29 is 13.2 Å². The van der Waals surface area contributed by atoms with E-state index in [-0.39, 0.29) is 0 Å². The second-order valence-electron chi connectivity index (χ2n) is 1.06. The molecule has 52 valence electrons. The molecule has 0 aliphatic rings. The molecule has 0 saturated heterocycles. The lowest BCUT2D eigenvalue weighted by molar-refractivity contribution is -0.0593. The fourth-order valence-electron chi connectivity index (χ4n) is 0.164. The topological polar surface area (TPSA) is 24.7 Å². The van der Waals surface area contributed by atoms with E-state index in [1.807, 2.05) is 0 Å². The minimum absolute atomic E-state index is 1.28. The summed E-state index contributed by atoms with van der Waals surface area (Å²) in [4.78, 5) is 2.61. The molecule has 0 saturated carbocycles. The molecule has 9 heavy (non-hydrogen) atoms. The van der Waals surface area contributed by atoms with Gasteiger partial charge in [0.15, 0.2) is 0 Å². The van der Waals surface area contributed by atoms with Crippen LogP contribution in [0.3, 0.4) is 0 Å². The molecule has 0 aromatic heterocycles. The molecule has 0 bridgehead atoms. The van der Waals surface area contributed by atoms with Gasteiger partial charge in [0.05, 0.1) is 16.1 Å². The Labute approximate surface area is 57.8 Å². The third kappa shape index (κ3) is 2.59. The first-order valence-corrected chi connectivity index (χ1v) is 2.46. The predicted molar refractivity (Wildman–Crippen MR) is 32.0 cm³/mol. The molecule has 0 spiro atoms. The third-order valence-corrected chi connectivity index (χ3v) is 0.819. The Morgan fingerprint density at radius 1 is 1.44 bits per heavy atom. The van der Waals surface area contributed by atoms with E-state index in [1.165, 1.54) is 0 Å². The number of alkyl halides is 3. The van der Waals surface area contributed by atoms with Gasteiger partial charge < -0.3 is 0 Å². The van der Waals surface area contributed by atoms with Crippen LogP contribution in [0.4, 0.5) is 13.2 Å². The standard InChI is InChI=1S/C3H2BrF3N2/c1-8-2(9-4)3(5,6)7/h1H2. The van der Waals surface area contributed by atoms with Gasteiger partial charge in [-0.2, -0.15) is 17.2 Å². The second kappa shape index (κ2) is 2.95. The molecule has 0 rings (SSSR count). The van der Waals surface area contributed by atoms with Crippen LogP contribution in [-0.4, -0.2) is 18.7 Å². The number of amidine groups is 1. The van der Waals surface area contributed by atoms with E-state index in [1.54, 1.807) is 0 Å². The fourth-order valence-corrected chi connectivity index (χ4v) is 0.477. The van der Waals surface area contributed by atoms with Crippen LogP contribution in [0.15, 0.2) is 9.01 Å². The molecule has 0 heterocycles. The molecule has 6 heteroatoms. The first kappa shape index (κ1) is 8.61. The number of halogens is 4. The minimum Gasteiger partial charge on any atom is -0.240 e. The highest BCUT2D eigenvalue weighted by Gasteiger charge is 2.35. The van der Waals surface area contributed by atoms with Gasteiger partial charge in [0, 0.05) is 0 Å². The summed E-state index contributed by atoms with van der Waals surface area (Å²) in [7, 11) is 0. The van der Waals surface area contributed by atoms with E-state index in [2.05, 4.69) is 31.9 Å². The van der Waals surface area contributed by atoms with Crippen molar-refractivity contribution in [3.8, 4) is 0 Å². The zero-order chi connectivity index (χ0) is 7.49. The monoisotopic (exact) mass is 202 g/mol. The van der Waals surface area contributed by atoms with Gasteiger partial charge in [-0.15, -0.1) is 0 Å². The number of nitrogens with zero attached hydrogens (tertiary/aromatic N) is 2. The SMILES string of the molecule is C=NC(=NBr)C(F)(F)F. The van der Waals surface area contributed by atoms with Gasteiger partial charge in [0.25, 0.3) is 0 Å². The second-order valence-corrected chi connectivity index (χ2v) is 1.42. The van der Waals surface area contributed by atoms with Crippen LogP contribution < -0.4 is 0 Å². The molecule has 0 amide bonds. The quantitative estimate of drug-likeness (QED) is 0.424. The summed E-state index contributed by atoms with van der Waals surface area (Å²) in [5, 5.41) is 0. The first-order valence-electron chi connectivity index (χ1n) is 1.75. The lowest BCUT2D eigenvalue weighted by Gasteiger charge is -2.00. The summed E-state index contributed by atoms with van der Waals surface area (Å²) in [6, 6.07) is 0. The summed E-state index contributed by atoms with van der Waals surface area (Å²) in [5.41, 5.74) is 0. The van der Waals surface area contributed by atoms with Crippen molar-refractivity contribution in [2.45, 2.75) is 6.18 Å². The van der Waals surface area contributed by atoms with Gasteiger partial charge >= 0.3 is 6.18 Å². The molecular formula is C3H2BrF3N2. The van der Waals surface area contributed by atoms with Gasteiger partial charge in [-0.1, -0.05) is 0 Å². The highest BCUT2D eigenvalue weighted by molar-refractivity contribution is 9.08. The average Bonchev–Trinajstić information content (AvgIpc) is 1.65. The average molecular weight is 203 g/mol. The fraction of sp³-hybridized carbons (Fsp3) is 0.333. The van der Waals surface area contributed by atoms with E-state index in [0.717, 1.165) is 0 Å². The van der Waals surface area contributed by atoms with Gasteiger partial charge in [0.1, 0.15) is 0 Å². The minimum atomic E-state index is -4.51. The first-order chi connectivity index (χ1) is 4.02. The van der Waals surface area contributed by atoms with Gasteiger partial charge in [-0.3, -0.25) is 0 Å². The molecule has 0 radical (unpaired) electrons. The number of aliphatic imine (C=N–C) groups is 1. The van der Waals surface area contributed by atoms with Crippen LogP contribution in [0.2, 0.25) is 0 Å². The molecule has 0 fully saturated rings. The summed E-state index contributed by atoms with van der Waals surface area (Å²) in [6.07, 6.45) is -4.51. The molecule has 0 N–H and O–H groups in total. The molecule has 0 aromatic carbocycles. The van der Waals surface area contributed by atoms with Crippen molar-refractivity contribution in [2.75, 3.05) is 0 Å². The van der Waals surface area contributed by atoms with Crippen LogP contribution in [0.25, 0.3) is 0 Å². The van der Waals surface area contributed by atoms with Gasteiger partial charge in [-0.05, 0) is 6.72 Å². The van der Waals surface area contributed by atoms with Crippen molar-refractivity contribution in [1.29, 1.82) is 0 Å². The maximum absolute atomic E-state index is 11.4. The maximum atomic E-state index is 11.4. The lowest BCUT2D eigenvalue weighted by Crippen LogP contribution is -2.19. The molecule has 2 nitrogen and oxygen atoms in total. The highest BCUT2D eigenvalue weighted by atomic mass is 79.9. The van der Waals surface area contributed by atoms with Crippen molar-refractivity contribution in [3.05, 3.63) is 0 Å². The summed E-state index contributed by atoms with van der Waals surface area (Å²) in [6.45, 7) is 2.67. The van der Waals surface area contributed by atoms with E-state index in [9.17, 15) is 13.2 Å². The predicted octanol–water partition coefficient (Wildman–Crippen LogP) is 1.96. The number of rotatable bonds is 0. The van der Waals surface area contributed by atoms with E-state index >= 15 is 0 Å².